The van der Waals surface area contributed by atoms with E-state index in [9.17, 15) is 10.1 Å². The van der Waals surface area contributed by atoms with Gasteiger partial charge in [0.05, 0.1) is 4.92 Å². The van der Waals surface area contributed by atoms with Gasteiger partial charge in [0.2, 0.25) is 5.82 Å². The molecule has 0 saturated carbocycles. The van der Waals surface area contributed by atoms with Crippen LogP contribution in [0.25, 0.3) is 0 Å². The van der Waals surface area contributed by atoms with Gasteiger partial charge in [0.25, 0.3) is 0 Å². The topological polar surface area (TPSA) is 95.1 Å². The van der Waals surface area contributed by atoms with Crippen LogP contribution in [0.15, 0.2) is 12.3 Å². The van der Waals surface area contributed by atoms with Crippen molar-refractivity contribution in [3.05, 3.63) is 27.9 Å². The Balaban J connectivity index is 2.14. The van der Waals surface area contributed by atoms with Crippen molar-refractivity contribution in [1.82, 2.24) is 10.3 Å². The van der Waals surface area contributed by atoms with Crippen LogP contribution in [0.2, 0.25) is 0 Å². The molecule has 21 heavy (non-hydrogen) atoms. The van der Waals surface area contributed by atoms with Crippen LogP contribution in [0.4, 0.5) is 11.5 Å². The van der Waals surface area contributed by atoms with E-state index in [2.05, 4.69) is 10.3 Å². The highest BCUT2D eigenvalue weighted by molar-refractivity contribution is 5.65. The number of hydrogen-bond donors (Lipinski definition) is 1. The second-order valence-electron chi connectivity index (χ2n) is 5.22. The highest BCUT2D eigenvalue weighted by Crippen LogP contribution is 2.32. The Bertz CT molecular complexity index is 547. The molecule has 0 bridgehead atoms. The minimum absolute atomic E-state index is 0.0716. The molecule has 2 heterocycles. The van der Waals surface area contributed by atoms with Gasteiger partial charge in [-0.25, -0.2) is 4.98 Å². The number of pyridine rings is 1. The minimum Gasteiger partial charge on any atom is -0.351 e. The van der Waals surface area contributed by atoms with Gasteiger partial charge in [0.15, 0.2) is 0 Å². The summed E-state index contributed by atoms with van der Waals surface area (Å²) in [7, 11) is 1.94. The van der Waals surface area contributed by atoms with Crippen LogP contribution in [-0.2, 0) is 0 Å². The van der Waals surface area contributed by atoms with E-state index in [4.69, 9.17) is 5.26 Å². The second kappa shape index (κ2) is 6.99. The molecule has 7 heteroatoms. The quantitative estimate of drug-likeness (QED) is 0.654. The Labute approximate surface area is 123 Å². The molecule has 0 amide bonds. The summed E-state index contributed by atoms with van der Waals surface area (Å²) in [5, 5.41) is 23.4. The molecule has 0 spiro atoms. The number of nitrogens with zero attached hydrogens (tertiary/aromatic N) is 4. The van der Waals surface area contributed by atoms with Crippen molar-refractivity contribution < 1.29 is 4.92 Å². The van der Waals surface area contributed by atoms with E-state index in [0.717, 1.165) is 38.9 Å². The summed E-state index contributed by atoms with van der Waals surface area (Å²) >= 11 is 0. The number of nitriles is 1. The fourth-order valence-corrected chi connectivity index (χ4v) is 2.73. The SMILES string of the molecule is CNCCC1CCN(c2nccc(C#N)c2[N+](=O)[O-])CC1. The zero-order valence-corrected chi connectivity index (χ0v) is 12.1. The maximum Gasteiger partial charge on any atom is 0.329 e. The highest BCUT2D eigenvalue weighted by Gasteiger charge is 2.28. The average Bonchev–Trinajstić information content (AvgIpc) is 2.52. The lowest BCUT2D eigenvalue weighted by atomic mass is 9.93. The predicted octanol–water partition coefficient (Wildman–Crippen LogP) is 1.69. The molecule has 1 aromatic rings. The summed E-state index contributed by atoms with van der Waals surface area (Å²) in [6, 6.07) is 3.27. The van der Waals surface area contributed by atoms with Gasteiger partial charge in [0.1, 0.15) is 11.6 Å². The van der Waals surface area contributed by atoms with Gasteiger partial charge >= 0.3 is 5.69 Å². The lowest BCUT2D eigenvalue weighted by molar-refractivity contribution is -0.384. The predicted molar refractivity (Wildman–Crippen MR) is 79.1 cm³/mol. The first-order valence-corrected chi connectivity index (χ1v) is 7.10. The molecular weight excluding hydrogens is 270 g/mol. The van der Waals surface area contributed by atoms with Crippen molar-refractivity contribution in [2.75, 3.05) is 31.6 Å². The zero-order valence-electron chi connectivity index (χ0n) is 12.1. The molecule has 1 aromatic heterocycles. The number of nitrogens with one attached hydrogen (secondary N) is 1. The van der Waals surface area contributed by atoms with Crippen LogP contribution in [-0.4, -0.2) is 36.6 Å². The number of hydrogen-bond acceptors (Lipinski definition) is 6. The lowest BCUT2D eigenvalue weighted by Gasteiger charge is -2.32. The van der Waals surface area contributed by atoms with E-state index >= 15 is 0 Å². The number of piperidine rings is 1. The van der Waals surface area contributed by atoms with E-state index in [0.29, 0.717) is 11.7 Å². The van der Waals surface area contributed by atoms with Gasteiger partial charge in [-0.2, -0.15) is 5.26 Å². The third-order valence-corrected chi connectivity index (χ3v) is 3.92. The summed E-state index contributed by atoms with van der Waals surface area (Å²) in [5.41, 5.74) is -0.101. The Kier molecular flexibility index (Phi) is 5.06. The molecule has 2 rings (SSSR count). The van der Waals surface area contributed by atoms with E-state index in [1.54, 1.807) is 0 Å². The fourth-order valence-electron chi connectivity index (χ4n) is 2.73. The number of aromatic nitrogens is 1. The Morgan fingerprint density at radius 2 is 2.29 bits per heavy atom. The summed E-state index contributed by atoms with van der Waals surface area (Å²) in [5.74, 6) is 0.970. The van der Waals surface area contributed by atoms with Crippen molar-refractivity contribution in [2.24, 2.45) is 5.92 Å². The van der Waals surface area contributed by atoms with Crippen LogP contribution < -0.4 is 10.2 Å². The molecule has 1 fully saturated rings. The molecule has 0 atom stereocenters. The van der Waals surface area contributed by atoms with Gasteiger partial charge in [-0.3, -0.25) is 10.1 Å². The molecule has 0 radical (unpaired) electrons. The first-order valence-electron chi connectivity index (χ1n) is 7.10. The standard InChI is InChI=1S/C14H19N5O2/c1-16-6-2-11-4-8-18(9-5-11)14-13(19(20)21)12(10-15)3-7-17-14/h3,7,11,16H,2,4-6,8-9H2,1H3. The number of rotatable bonds is 5. The molecule has 0 aliphatic carbocycles. The van der Waals surface area contributed by atoms with E-state index in [-0.39, 0.29) is 11.3 Å². The zero-order chi connectivity index (χ0) is 15.2. The summed E-state index contributed by atoms with van der Waals surface area (Å²) in [6.45, 7) is 2.49. The van der Waals surface area contributed by atoms with Gasteiger partial charge < -0.3 is 10.2 Å². The largest absolute Gasteiger partial charge is 0.351 e. The lowest BCUT2D eigenvalue weighted by Crippen LogP contribution is -2.35. The number of anilines is 1. The molecule has 1 saturated heterocycles. The molecule has 7 nitrogen and oxygen atoms in total. The van der Waals surface area contributed by atoms with E-state index in [1.807, 2.05) is 18.0 Å². The van der Waals surface area contributed by atoms with Crippen LogP contribution in [0, 0.1) is 27.4 Å². The maximum absolute atomic E-state index is 11.2. The average molecular weight is 289 g/mol. The van der Waals surface area contributed by atoms with Crippen LogP contribution in [0.5, 0.6) is 0 Å². The first kappa shape index (κ1) is 15.2. The Morgan fingerprint density at radius 1 is 1.57 bits per heavy atom. The smallest absolute Gasteiger partial charge is 0.329 e. The van der Waals surface area contributed by atoms with Crippen molar-refractivity contribution in [3.63, 3.8) is 0 Å². The third-order valence-electron chi connectivity index (χ3n) is 3.92. The van der Waals surface area contributed by atoms with Gasteiger partial charge in [-0.15, -0.1) is 0 Å². The van der Waals surface area contributed by atoms with Gasteiger partial charge in [-0.1, -0.05) is 0 Å². The minimum atomic E-state index is -0.506. The first-order chi connectivity index (χ1) is 10.2. The molecule has 1 aliphatic rings. The van der Waals surface area contributed by atoms with Crippen LogP contribution in [0.1, 0.15) is 24.8 Å². The molecule has 112 valence electrons. The van der Waals surface area contributed by atoms with Gasteiger partial charge in [-0.05, 0) is 44.8 Å². The normalized spacial score (nSPS) is 15.7. The van der Waals surface area contributed by atoms with Crippen LogP contribution >= 0.6 is 0 Å². The van der Waals surface area contributed by atoms with Crippen molar-refractivity contribution in [2.45, 2.75) is 19.3 Å². The summed E-state index contributed by atoms with van der Waals surface area (Å²) in [6.07, 6.45) is 4.58. The van der Waals surface area contributed by atoms with Crippen molar-refractivity contribution in [3.8, 4) is 6.07 Å². The van der Waals surface area contributed by atoms with E-state index < -0.39 is 4.92 Å². The fraction of sp³-hybridized carbons (Fsp3) is 0.571. The molecule has 1 aliphatic heterocycles. The summed E-state index contributed by atoms with van der Waals surface area (Å²) in [4.78, 5) is 16.8. The highest BCUT2D eigenvalue weighted by atomic mass is 16.6. The molecule has 0 unspecified atom stereocenters. The Morgan fingerprint density at radius 3 is 2.86 bits per heavy atom. The monoisotopic (exact) mass is 289 g/mol. The van der Waals surface area contributed by atoms with E-state index in [1.165, 1.54) is 12.3 Å². The third kappa shape index (κ3) is 3.47. The summed E-state index contributed by atoms with van der Waals surface area (Å²) < 4.78 is 0. The second-order valence-corrected chi connectivity index (χ2v) is 5.22. The maximum atomic E-state index is 11.2. The molecular formula is C14H19N5O2. The van der Waals surface area contributed by atoms with Crippen molar-refractivity contribution >= 4 is 11.5 Å². The van der Waals surface area contributed by atoms with Crippen molar-refractivity contribution in [1.29, 1.82) is 5.26 Å². The number of nitro groups is 1. The van der Waals surface area contributed by atoms with Gasteiger partial charge in [0, 0.05) is 19.3 Å². The van der Waals surface area contributed by atoms with Crippen LogP contribution in [0.3, 0.4) is 0 Å². The molecule has 1 N–H and O–H groups in total. The Hall–Kier alpha value is -2.20. The molecule has 0 aromatic carbocycles.